The van der Waals surface area contributed by atoms with Crippen LogP contribution < -0.4 is 10.6 Å². The van der Waals surface area contributed by atoms with Gasteiger partial charge in [-0.2, -0.15) is 0 Å². The molecule has 2 fully saturated rings. The van der Waals surface area contributed by atoms with Gasteiger partial charge in [0.15, 0.2) is 0 Å². The molecule has 26 heavy (non-hydrogen) atoms. The smallest absolute Gasteiger partial charge is 0.319 e. The first-order chi connectivity index (χ1) is 12.5. The lowest BCUT2D eigenvalue weighted by Gasteiger charge is -2.38. The Morgan fingerprint density at radius 2 is 1.77 bits per heavy atom. The third-order valence-electron chi connectivity index (χ3n) is 5.75. The van der Waals surface area contributed by atoms with Crippen LogP contribution in [0.25, 0.3) is 0 Å². The van der Waals surface area contributed by atoms with Crippen molar-refractivity contribution in [3.05, 3.63) is 42.0 Å². The molecule has 1 aromatic rings. The van der Waals surface area contributed by atoms with Crippen molar-refractivity contribution in [3.8, 4) is 0 Å². The predicted octanol–water partition coefficient (Wildman–Crippen LogP) is 2.31. The van der Waals surface area contributed by atoms with Crippen LogP contribution in [-0.2, 0) is 9.59 Å². The number of nitrogens with zero attached hydrogens (tertiary/aromatic N) is 1. The summed E-state index contributed by atoms with van der Waals surface area (Å²) in [6, 6.07) is 7.17. The summed E-state index contributed by atoms with van der Waals surface area (Å²) in [7, 11) is 0. The maximum atomic E-state index is 12.7. The highest BCUT2D eigenvalue weighted by Gasteiger charge is 2.56. The standard InChI is InChI=1S/C20H23N3O3/c1-12-3-2-4-15(11-12)22-20(26)21-9-10-23-18(24)16-13-5-6-14(8-7-13)17(16)19(23)25/h2-6,11,13-14,16-17H,7-10H2,1H3,(H2,21,22,26)/t13-,14-,16+,17+/m0/s1. The Bertz CT molecular complexity index is 756. The van der Waals surface area contributed by atoms with Gasteiger partial charge in [0.1, 0.15) is 0 Å². The van der Waals surface area contributed by atoms with E-state index in [1.165, 1.54) is 4.90 Å². The zero-order valence-corrected chi connectivity index (χ0v) is 14.8. The maximum Gasteiger partial charge on any atom is 0.319 e. The third kappa shape index (κ3) is 2.89. The number of rotatable bonds is 4. The van der Waals surface area contributed by atoms with Crippen LogP contribution in [0.15, 0.2) is 36.4 Å². The highest BCUT2D eigenvalue weighted by molar-refractivity contribution is 6.06. The van der Waals surface area contributed by atoms with Crippen molar-refractivity contribution in [2.45, 2.75) is 19.8 Å². The molecular weight excluding hydrogens is 330 g/mol. The van der Waals surface area contributed by atoms with E-state index in [1.54, 1.807) is 0 Å². The number of fused-ring (bicyclic) bond motifs is 1. The average molecular weight is 353 g/mol. The summed E-state index contributed by atoms with van der Waals surface area (Å²) < 4.78 is 0. The van der Waals surface area contributed by atoms with Crippen molar-refractivity contribution >= 4 is 23.5 Å². The number of hydrogen-bond acceptors (Lipinski definition) is 3. The van der Waals surface area contributed by atoms with Crippen molar-refractivity contribution in [2.24, 2.45) is 23.7 Å². The van der Waals surface area contributed by atoms with Gasteiger partial charge in [-0.25, -0.2) is 4.79 Å². The molecule has 1 saturated heterocycles. The lowest BCUT2D eigenvalue weighted by atomic mass is 9.63. The number of carbonyl (C=O) groups is 3. The van der Waals surface area contributed by atoms with Crippen LogP contribution in [0.3, 0.4) is 0 Å². The second-order valence-electron chi connectivity index (χ2n) is 7.42. The van der Waals surface area contributed by atoms with Crippen LogP contribution >= 0.6 is 0 Å². The minimum atomic E-state index is -0.339. The van der Waals surface area contributed by atoms with Gasteiger partial charge in [-0.3, -0.25) is 14.5 Å². The highest BCUT2D eigenvalue weighted by Crippen LogP contribution is 2.49. The zero-order chi connectivity index (χ0) is 18.3. The monoisotopic (exact) mass is 353 g/mol. The fourth-order valence-electron chi connectivity index (χ4n) is 4.54. The van der Waals surface area contributed by atoms with Gasteiger partial charge in [0.2, 0.25) is 11.8 Å². The minimum absolute atomic E-state index is 0.0695. The molecule has 0 aromatic heterocycles. The lowest BCUT2D eigenvalue weighted by Crippen LogP contribution is -2.40. The second-order valence-corrected chi connectivity index (χ2v) is 7.42. The van der Waals surface area contributed by atoms with Crippen LogP contribution in [0.1, 0.15) is 18.4 Å². The molecule has 4 amide bonds. The summed E-state index contributed by atoms with van der Waals surface area (Å²) >= 11 is 0. The first-order valence-corrected chi connectivity index (χ1v) is 9.19. The summed E-state index contributed by atoms with van der Waals surface area (Å²) in [5.74, 6) is -0.118. The van der Waals surface area contributed by atoms with E-state index in [0.717, 1.165) is 18.4 Å². The van der Waals surface area contributed by atoms with Crippen molar-refractivity contribution in [1.29, 1.82) is 0 Å². The summed E-state index contributed by atoms with van der Waals surface area (Å²) in [6.45, 7) is 2.43. The largest absolute Gasteiger partial charge is 0.336 e. The summed E-state index contributed by atoms with van der Waals surface area (Å²) in [5, 5.41) is 5.48. The number of likely N-dealkylation sites (tertiary alicyclic amines) is 1. The van der Waals surface area contributed by atoms with Crippen LogP contribution in [0.5, 0.6) is 0 Å². The molecule has 0 unspecified atom stereocenters. The number of allylic oxidation sites excluding steroid dienone is 2. The van der Waals surface area contributed by atoms with Gasteiger partial charge in [-0.15, -0.1) is 0 Å². The molecule has 4 atom stereocenters. The molecule has 3 aliphatic carbocycles. The molecule has 1 saturated carbocycles. The molecule has 136 valence electrons. The van der Waals surface area contributed by atoms with Crippen molar-refractivity contribution in [3.63, 3.8) is 0 Å². The Balaban J connectivity index is 1.32. The van der Waals surface area contributed by atoms with E-state index in [1.807, 2.05) is 31.2 Å². The fourth-order valence-corrected chi connectivity index (χ4v) is 4.54. The molecule has 1 aromatic carbocycles. The van der Waals surface area contributed by atoms with Gasteiger partial charge in [0.05, 0.1) is 11.8 Å². The number of amides is 4. The normalized spacial score (nSPS) is 29.0. The molecule has 5 rings (SSSR count). The Labute approximate surface area is 152 Å². The summed E-state index contributed by atoms with van der Waals surface area (Å²) in [6.07, 6.45) is 6.20. The molecule has 1 heterocycles. The third-order valence-corrected chi connectivity index (χ3v) is 5.75. The van der Waals surface area contributed by atoms with E-state index in [9.17, 15) is 14.4 Å². The van der Waals surface area contributed by atoms with Crippen LogP contribution in [0.2, 0.25) is 0 Å². The Kier molecular flexibility index (Phi) is 4.26. The fraction of sp³-hybridized carbons (Fsp3) is 0.450. The SMILES string of the molecule is Cc1cccc(NC(=O)NCCN2C(=O)[C@H]3[C@H](C2=O)[C@H]2C=C[C@H]3CC2)c1. The van der Waals surface area contributed by atoms with Crippen LogP contribution in [-0.4, -0.2) is 35.8 Å². The number of imide groups is 1. The van der Waals surface area contributed by atoms with Gasteiger partial charge in [0, 0.05) is 18.8 Å². The molecule has 1 aliphatic heterocycles. The lowest BCUT2D eigenvalue weighted by molar-refractivity contribution is -0.140. The Morgan fingerprint density at radius 3 is 2.35 bits per heavy atom. The predicted molar refractivity (Wildman–Crippen MR) is 97.3 cm³/mol. The van der Waals surface area contributed by atoms with E-state index in [2.05, 4.69) is 22.8 Å². The Hall–Kier alpha value is -2.63. The van der Waals surface area contributed by atoms with Crippen molar-refractivity contribution < 1.29 is 14.4 Å². The molecule has 6 heteroatoms. The van der Waals surface area contributed by atoms with E-state index in [-0.39, 0.29) is 54.6 Å². The summed E-state index contributed by atoms with van der Waals surface area (Å²) in [4.78, 5) is 38.7. The zero-order valence-electron chi connectivity index (χ0n) is 14.8. The number of hydrogen-bond donors (Lipinski definition) is 2. The van der Waals surface area contributed by atoms with E-state index >= 15 is 0 Å². The molecule has 0 radical (unpaired) electrons. The first-order valence-electron chi connectivity index (χ1n) is 9.19. The second kappa shape index (κ2) is 6.59. The molecular formula is C20H23N3O3. The highest BCUT2D eigenvalue weighted by atomic mass is 16.2. The van der Waals surface area contributed by atoms with E-state index in [4.69, 9.17) is 0 Å². The number of benzene rings is 1. The van der Waals surface area contributed by atoms with Gasteiger partial charge in [-0.1, -0.05) is 24.3 Å². The molecule has 2 N–H and O–H groups in total. The number of nitrogens with one attached hydrogen (secondary N) is 2. The number of aryl methyl sites for hydroxylation is 1. The van der Waals surface area contributed by atoms with Gasteiger partial charge >= 0.3 is 6.03 Å². The topological polar surface area (TPSA) is 78.5 Å². The molecule has 6 nitrogen and oxygen atoms in total. The minimum Gasteiger partial charge on any atom is -0.336 e. The van der Waals surface area contributed by atoms with Crippen molar-refractivity contribution in [1.82, 2.24) is 10.2 Å². The van der Waals surface area contributed by atoms with E-state index < -0.39 is 0 Å². The van der Waals surface area contributed by atoms with Gasteiger partial charge in [-0.05, 0) is 49.3 Å². The quantitative estimate of drug-likeness (QED) is 0.644. The van der Waals surface area contributed by atoms with Crippen LogP contribution in [0.4, 0.5) is 10.5 Å². The first kappa shape index (κ1) is 16.8. The number of urea groups is 1. The van der Waals surface area contributed by atoms with Gasteiger partial charge in [0.25, 0.3) is 0 Å². The summed E-state index contributed by atoms with van der Waals surface area (Å²) in [5.41, 5.74) is 1.77. The van der Waals surface area contributed by atoms with E-state index in [0.29, 0.717) is 5.69 Å². The van der Waals surface area contributed by atoms with Crippen molar-refractivity contribution in [2.75, 3.05) is 18.4 Å². The van der Waals surface area contributed by atoms with Gasteiger partial charge < -0.3 is 10.6 Å². The number of anilines is 1. The maximum absolute atomic E-state index is 12.7. The number of carbonyl (C=O) groups excluding carboxylic acids is 3. The molecule has 4 aliphatic rings. The Morgan fingerprint density at radius 1 is 1.12 bits per heavy atom. The average Bonchev–Trinajstić information content (AvgIpc) is 2.90. The van der Waals surface area contributed by atoms with Crippen LogP contribution in [0, 0.1) is 30.6 Å². The molecule has 2 bridgehead atoms. The molecule has 0 spiro atoms.